The molecular formula is C17H27NO4. The highest BCUT2D eigenvalue weighted by Gasteiger charge is 2.75. The predicted molar refractivity (Wildman–Crippen MR) is 81.0 cm³/mol. The Kier molecular flexibility index (Phi) is 3.46. The van der Waals surface area contributed by atoms with Crippen molar-refractivity contribution in [3.05, 3.63) is 0 Å². The van der Waals surface area contributed by atoms with E-state index < -0.39 is 23.0 Å². The third-order valence-corrected chi connectivity index (χ3v) is 6.46. The van der Waals surface area contributed by atoms with Gasteiger partial charge in [0.15, 0.2) is 11.9 Å². The normalized spacial score (nSPS) is 47.3. The Morgan fingerprint density at radius 1 is 1.36 bits per heavy atom. The Morgan fingerprint density at radius 2 is 2.00 bits per heavy atom. The lowest BCUT2D eigenvalue weighted by Crippen LogP contribution is -2.65. The number of fused-ring (bicyclic) bond motifs is 4. The van der Waals surface area contributed by atoms with E-state index in [1.54, 1.807) is 0 Å². The van der Waals surface area contributed by atoms with Crippen LogP contribution in [-0.4, -0.2) is 54.1 Å². The Labute approximate surface area is 132 Å². The number of nitrogens with zero attached hydrogens (tertiary/aromatic N) is 1. The number of rotatable bonds is 3. The summed E-state index contributed by atoms with van der Waals surface area (Å²) in [4.78, 5) is 27.6. The van der Waals surface area contributed by atoms with Gasteiger partial charge in [0.2, 0.25) is 0 Å². The summed E-state index contributed by atoms with van der Waals surface area (Å²) in [5.74, 6) is -1.02. The third kappa shape index (κ3) is 1.72. The van der Waals surface area contributed by atoms with Gasteiger partial charge in [-0.05, 0) is 45.7 Å². The SMILES string of the molecule is CC(C)C1C2OC(=O)C1C1(O)CCC(CN(C)C)C1(C)C2=O. The summed E-state index contributed by atoms with van der Waals surface area (Å²) in [6.07, 6.45) is 0.604. The van der Waals surface area contributed by atoms with E-state index in [0.717, 1.165) is 13.0 Å². The van der Waals surface area contributed by atoms with E-state index in [-0.39, 0.29) is 29.5 Å². The predicted octanol–water partition coefficient (Wildman–Crippen LogP) is 1.09. The summed E-state index contributed by atoms with van der Waals surface area (Å²) in [6.45, 7) is 6.59. The number of aliphatic hydroxyl groups is 1. The maximum atomic E-state index is 13.2. The van der Waals surface area contributed by atoms with Crippen molar-refractivity contribution in [3.63, 3.8) is 0 Å². The van der Waals surface area contributed by atoms with Crippen molar-refractivity contribution in [3.8, 4) is 0 Å². The molecule has 0 amide bonds. The second-order valence-corrected chi connectivity index (χ2v) is 8.15. The number of carbonyl (C=O) groups excluding carboxylic acids is 2. The van der Waals surface area contributed by atoms with E-state index in [9.17, 15) is 14.7 Å². The van der Waals surface area contributed by atoms with Crippen LogP contribution >= 0.6 is 0 Å². The molecule has 0 radical (unpaired) electrons. The van der Waals surface area contributed by atoms with Crippen LogP contribution in [0.3, 0.4) is 0 Å². The molecule has 22 heavy (non-hydrogen) atoms. The topological polar surface area (TPSA) is 66.8 Å². The van der Waals surface area contributed by atoms with Crippen LogP contribution in [0.15, 0.2) is 0 Å². The zero-order valence-corrected chi connectivity index (χ0v) is 14.1. The van der Waals surface area contributed by atoms with Crippen molar-refractivity contribution in [2.24, 2.45) is 29.1 Å². The monoisotopic (exact) mass is 309 g/mol. The van der Waals surface area contributed by atoms with E-state index in [1.165, 1.54) is 0 Å². The lowest BCUT2D eigenvalue weighted by Gasteiger charge is -2.50. The summed E-state index contributed by atoms with van der Waals surface area (Å²) in [6, 6.07) is 0. The van der Waals surface area contributed by atoms with Crippen LogP contribution in [-0.2, 0) is 14.3 Å². The number of esters is 1. The zero-order chi connectivity index (χ0) is 16.4. The van der Waals surface area contributed by atoms with Crippen LogP contribution in [0.4, 0.5) is 0 Å². The quantitative estimate of drug-likeness (QED) is 0.791. The van der Waals surface area contributed by atoms with Gasteiger partial charge in [-0.3, -0.25) is 9.59 Å². The van der Waals surface area contributed by atoms with E-state index >= 15 is 0 Å². The molecule has 0 aromatic carbocycles. The third-order valence-electron chi connectivity index (χ3n) is 6.46. The van der Waals surface area contributed by atoms with Gasteiger partial charge in [0.1, 0.15) is 0 Å². The standard InChI is InChI=1S/C17H27NO4/c1-9(2)11-12-15(20)22-13(11)14(19)16(3)10(8-18(4)5)6-7-17(12,16)21/h9-13,21H,6-8H2,1-5H3. The fraction of sp³-hybridized carbons (Fsp3) is 0.882. The molecule has 5 nitrogen and oxygen atoms in total. The Balaban J connectivity index is 2.08. The van der Waals surface area contributed by atoms with Crippen molar-refractivity contribution in [2.45, 2.75) is 45.3 Å². The number of Topliss-reactive ketones (excluding diaryl/α,β-unsaturated/α-hetero) is 1. The second kappa shape index (κ2) is 4.78. The van der Waals surface area contributed by atoms with Crippen LogP contribution in [0, 0.1) is 29.1 Å². The minimum Gasteiger partial charge on any atom is -0.454 e. The Hall–Kier alpha value is -0.940. The first-order valence-corrected chi connectivity index (χ1v) is 8.26. The molecule has 124 valence electrons. The van der Waals surface area contributed by atoms with Crippen LogP contribution in [0.5, 0.6) is 0 Å². The van der Waals surface area contributed by atoms with Gasteiger partial charge < -0.3 is 14.7 Å². The van der Waals surface area contributed by atoms with E-state index in [0.29, 0.717) is 6.42 Å². The van der Waals surface area contributed by atoms with Crippen LogP contribution in [0.2, 0.25) is 0 Å². The second-order valence-electron chi connectivity index (χ2n) is 8.15. The molecule has 2 bridgehead atoms. The van der Waals surface area contributed by atoms with Gasteiger partial charge in [-0.25, -0.2) is 0 Å². The molecule has 3 aliphatic rings. The van der Waals surface area contributed by atoms with Crippen molar-refractivity contribution in [1.82, 2.24) is 4.90 Å². The lowest BCUT2D eigenvalue weighted by atomic mass is 9.53. The van der Waals surface area contributed by atoms with Gasteiger partial charge in [-0.1, -0.05) is 13.8 Å². The molecule has 1 aliphatic heterocycles. The zero-order valence-electron chi connectivity index (χ0n) is 14.1. The fourth-order valence-corrected chi connectivity index (χ4v) is 5.28. The number of carbonyl (C=O) groups is 2. The van der Waals surface area contributed by atoms with Crippen molar-refractivity contribution in [2.75, 3.05) is 20.6 Å². The van der Waals surface area contributed by atoms with E-state index in [4.69, 9.17) is 4.74 Å². The summed E-state index contributed by atoms with van der Waals surface area (Å²) in [5, 5.41) is 11.5. The van der Waals surface area contributed by atoms with Crippen LogP contribution in [0.1, 0.15) is 33.6 Å². The highest BCUT2D eigenvalue weighted by molar-refractivity contribution is 5.99. The van der Waals surface area contributed by atoms with Crippen molar-refractivity contribution >= 4 is 11.8 Å². The van der Waals surface area contributed by atoms with Crippen molar-refractivity contribution < 1.29 is 19.4 Å². The largest absolute Gasteiger partial charge is 0.454 e. The molecule has 5 heteroatoms. The summed E-state index contributed by atoms with van der Waals surface area (Å²) >= 11 is 0. The van der Waals surface area contributed by atoms with Crippen LogP contribution < -0.4 is 0 Å². The summed E-state index contributed by atoms with van der Waals surface area (Å²) in [5.41, 5.74) is -2.14. The van der Waals surface area contributed by atoms with E-state index in [2.05, 4.69) is 0 Å². The highest BCUT2D eigenvalue weighted by Crippen LogP contribution is 2.63. The van der Waals surface area contributed by atoms with E-state index in [1.807, 2.05) is 39.8 Å². The average molecular weight is 309 g/mol. The number of hydrogen-bond donors (Lipinski definition) is 1. The molecule has 2 aliphatic carbocycles. The molecule has 6 atom stereocenters. The Morgan fingerprint density at radius 3 is 2.55 bits per heavy atom. The van der Waals surface area contributed by atoms with Gasteiger partial charge in [0.05, 0.1) is 16.9 Å². The summed E-state index contributed by atoms with van der Waals surface area (Å²) in [7, 11) is 3.95. The molecule has 3 rings (SSSR count). The number of ether oxygens (including phenoxy) is 1. The number of ketones is 1. The highest BCUT2D eigenvalue weighted by atomic mass is 16.6. The maximum Gasteiger partial charge on any atom is 0.313 e. The molecule has 1 heterocycles. The first-order chi connectivity index (χ1) is 10.1. The van der Waals surface area contributed by atoms with Gasteiger partial charge in [0, 0.05) is 12.5 Å². The Bertz CT molecular complexity index is 517. The smallest absolute Gasteiger partial charge is 0.313 e. The molecule has 0 spiro atoms. The molecule has 1 N–H and O–H groups in total. The first kappa shape index (κ1) is 15.9. The van der Waals surface area contributed by atoms with Gasteiger partial charge in [-0.15, -0.1) is 0 Å². The van der Waals surface area contributed by atoms with Gasteiger partial charge >= 0.3 is 5.97 Å². The molecular weight excluding hydrogens is 282 g/mol. The average Bonchev–Trinajstić information content (AvgIpc) is 2.87. The minimum absolute atomic E-state index is 0.0626. The molecule has 3 fully saturated rings. The van der Waals surface area contributed by atoms with Crippen LogP contribution in [0.25, 0.3) is 0 Å². The molecule has 2 saturated carbocycles. The molecule has 6 unspecified atom stereocenters. The van der Waals surface area contributed by atoms with Gasteiger partial charge in [0.25, 0.3) is 0 Å². The first-order valence-electron chi connectivity index (χ1n) is 8.26. The number of hydrogen-bond acceptors (Lipinski definition) is 5. The fourth-order valence-electron chi connectivity index (χ4n) is 5.28. The van der Waals surface area contributed by atoms with Crippen molar-refractivity contribution in [1.29, 1.82) is 0 Å². The minimum atomic E-state index is -1.26. The molecule has 0 aromatic rings. The molecule has 0 aromatic heterocycles. The van der Waals surface area contributed by atoms with Gasteiger partial charge in [-0.2, -0.15) is 0 Å². The lowest BCUT2D eigenvalue weighted by molar-refractivity contribution is -0.177. The maximum absolute atomic E-state index is 13.2. The molecule has 1 saturated heterocycles. The summed E-state index contributed by atoms with van der Waals surface area (Å²) < 4.78 is 5.43.